The predicted molar refractivity (Wildman–Crippen MR) is 146 cm³/mol. The van der Waals surface area contributed by atoms with E-state index in [2.05, 4.69) is 36.4 Å². The Morgan fingerprint density at radius 3 is 0.838 bits per heavy atom. The van der Waals surface area contributed by atoms with Gasteiger partial charge in [-0.25, -0.2) is 0 Å². The maximum atomic E-state index is 9.85. The first-order valence-corrected chi connectivity index (χ1v) is 12.1. The number of hydrogen-bond donors (Lipinski definition) is 3. The molecule has 3 N–H and O–H groups in total. The number of phenols is 3. The van der Waals surface area contributed by atoms with Crippen LogP contribution >= 0.6 is 0 Å². The zero-order chi connectivity index (χ0) is 25.8. The van der Waals surface area contributed by atoms with Crippen LogP contribution in [0, 0.1) is 0 Å². The fourth-order valence-electron chi connectivity index (χ4n) is 4.83. The molecule has 1 atom stereocenters. The van der Waals surface area contributed by atoms with Crippen molar-refractivity contribution >= 4 is 0 Å². The number of methoxy groups -OCH3 is 1. The number of benzene rings is 5. The summed E-state index contributed by atoms with van der Waals surface area (Å²) in [5.41, 5.74) is 6.49. The third kappa shape index (κ3) is 5.29. The highest BCUT2D eigenvalue weighted by Crippen LogP contribution is 2.37. The number of aromatic hydroxyl groups is 3. The second-order valence-electron chi connectivity index (χ2n) is 9.08. The van der Waals surface area contributed by atoms with E-state index in [-0.39, 0.29) is 29.1 Å². The molecule has 0 heterocycles. The molecular weight excluding hydrogens is 460 g/mol. The zero-order valence-electron chi connectivity index (χ0n) is 20.5. The molecule has 0 radical (unpaired) electrons. The highest BCUT2D eigenvalue weighted by atomic mass is 16.5. The summed E-state index contributed by atoms with van der Waals surface area (Å²) >= 11 is 0. The van der Waals surface area contributed by atoms with E-state index in [4.69, 9.17) is 4.74 Å². The lowest BCUT2D eigenvalue weighted by molar-refractivity contribution is 0.414. The Bertz CT molecular complexity index is 1390. The van der Waals surface area contributed by atoms with Gasteiger partial charge < -0.3 is 20.1 Å². The van der Waals surface area contributed by atoms with Crippen molar-refractivity contribution in [3.05, 3.63) is 155 Å². The van der Waals surface area contributed by atoms with Gasteiger partial charge in [0.05, 0.1) is 7.11 Å². The standard InChI is InChI=1S/C33H28O4/c1-37-31-20-12-27(13-21-31)33(26-10-18-30(36)19-11-26)23-4-2-22(3-5-23)32(24-6-14-28(34)15-7-24)25-8-16-29(35)17-9-25/h2-21,32-36H,1H3. The number of ether oxygens (including phenoxy) is 1. The summed E-state index contributed by atoms with van der Waals surface area (Å²) in [4.78, 5) is 0. The minimum Gasteiger partial charge on any atom is -0.508 e. The minimum absolute atomic E-state index is 0.0265. The minimum atomic E-state index is -0.0663. The van der Waals surface area contributed by atoms with Gasteiger partial charge in [0, 0.05) is 11.8 Å². The maximum absolute atomic E-state index is 9.85. The smallest absolute Gasteiger partial charge is 0.118 e. The molecule has 0 amide bonds. The largest absolute Gasteiger partial charge is 0.508 e. The average Bonchev–Trinajstić information content (AvgIpc) is 2.93. The van der Waals surface area contributed by atoms with E-state index in [9.17, 15) is 15.3 Å². The Morgan fingerprint density at radius 2 is 0.595 bits per heavy atom. The summed E-state index contributed by atoms with van der Waals surface area (Å²) in [6, 6.07) is 38.4. The Morgan fingerprint density at radius 1 is 0.378 bits per heavy atom. The average molecular weight is 489 g/mol. The van der Waals surface area contributed by atoms with Crippen LogP contribution in [0.25, 0.3) is 0 Å². The molecule has 4 nitrogen and oxygen atoms in total. The van der Waals surface area contributed by atoms with E-state index < -0.39 is 0 Å². The van der Waals surface area contributed by atoms with E-state index in [1.165, 1.54) is 0 Å². The van der Waals surface area contributed by atoms with Gasteiger partial charge in [0.1, 0.15) is 23.0 Å². The van der Waals surface area contributed by atoms with Gasteiger partial charge >= 0.3 is 0 Å². The van der Waals surface area contributed by atoms with Crippen molar-refractivity contribution in [2.45, 2.75) is 11.8 Å². The summed E-state index contributed by atoms with van der Waals surface area (Å²) in [6.45, 7) is 0. The molecule has 0 aliphatic carbocycles. The lowest BCUT2D eigenvalue weighted by atomic mass is 9.81. The zero-order valence-corrected chi connectivity index (χ0v) is 20.5. The summed E-state index contributed by atoms with van der Waals surface area (Å²) in [5, 5.41) is 29.5. The van der Waals surface area contributed by atoms with Gasteiger partial charge in [-0.05, 0) is 81.9 Å². The van der Waals surface area contributed by atoms with Crippen LogP contribution in [0.15, 0.2) is 121 Å². The highest BCUT2D eigenvalue weighted by Gasteiger charge is 2.20. The van der Waals surface area contributed by atoms with Gasteiger partial charge in [0.2, 0.25) is 0 Å². The van der Waals surface area contributed by atoms with Crippen LogP contribution in [-0.2, 0) is 0 Å². The monoisotopic (exact) mass is 488 g/mol. The molecule has 5 rings (SSSR count). The Balaban J connectivity index is 1.57. The predicted octanol–water partition coefficient (Wildman–Crippen LogP) is 7.17. The van der Waals surface area contributed by atoms with Gasteiger partial charge in [-0.3, -0.25) is 0 Å². The summed E-state index contributed by atoms with van der Waals surface area (Å²) in [7, 11) is 1.66. The summed E-state index contributed by atoms with van der Waals surface area (Å²) in [5.74, 6) is 1.39. The van der Waals surface area contributed by atoms with Crippen molar-refractivity contribution in [3.63, 3.8) is 0 Å². The van der Waals surface area contributed by atoms with Crippen LogP contribution in [0.2, 0.25) is 0 Å². The van der Waals surface area contributed by atoms with Crippen molar-refractivity contribution < 1.29 is 20.1 Å². The molecule has 4 heteroatoms. The molecule has 0 aromatic heterocycles. The molecular formula is C33H28O4. The summed E-state index contributed by atoms with van der Waals surface area (Å²) in [6.07, 6.45) is 0. The van der Waals surface area contributed by atoms with E-state index in [1.54, 1.807) is 43.5 Å². The van der Waals surface area contributed by atoms with E-state index in [1.807, 2.05) is 48.5 Å². The molecule has 0 saturated carbocycles. The molecule has 1 unspecified atom stereocenters. The van der Waals surface area contributed by atoms with Crippen LogP contribution in [0.3, 0.4) is 0 Å². The number of rotatable bonds is 7. The molecule has 0 fully saturated rings. The fraction of sp³-hybridized carbons (Fsp3) is 0.0909. The van der Waals surface area contributed by atoms with Crippen molar-refractivity contribution in [3.8, 4) is 23.0 Å². The van der Waals surface area contributed by atoms with Gasteiger partial charge in [-0.2, -0.15) is 0 Å². The number of phenolic OH excluding ortho intramolecular Hbond substituents is 3. The van der Waals surface area contributed by atoms with Crippen LogP contribution in [0.4, 0.5) is 0 Å². The van der Waals surface area contributed by atoms with E-state index in [0.29, 0.717) is 0 Å². The third-order valence-electron chi connectivity index (χ3n) is 6.73. The third-order valence-corrected chi connectivity index (χ3v) is 6.73. The SMILES string of the molecule is COc1ccc(C(c2ccc(O)cc2)c2ccc(C(c3ccc(O)cc3)c3ccc(O)cc3)cc2)cc1. The molecule has 0 saturated heterocycles. The molecule has 5 aromatic rings. The fourth-order valence-corrected chi connectivity index (χ4v) is 4.83. The first-order chi connectivity index (χ1) is 18.0. The molecule has 0 spiro atoms. The lowest BCUT2D eigenvalue weighted by Gasteiger charge is -2.22. The first kappa shape index (κ1) is 24.0. The van der Waals surface area contributed by atoms with Gasteiger partial charge in [-0.15, -0.1) is 0 Å². The normalized spacial score (nSPS) is 11.8. The van der Waals surface area contributed by atoms with Crippen molar-refractivity contribution in [2.75, 3.05) is 7.11 Å². The van der Waals surface area contributed by atoms with Crippen LogP contribution in [0.1, 0.15) is 45.2 Å². The molecule has 0 bridgehead atoms. The Kier molecular flexibility index (Phi) is 6.82. The van der Waals surface area contributed by atoms with Crippen LogP contribution < -0.4 is 4.74 Å². The molecule has 184 valence electrons. The van der Waals surface area contributed by atoms with E-state index in [0.717, 1.165) is 39.1 Å². The Labute approximate surface area is 216 Å². The molecule has 37 heavy (non-hydrogen) atoms. The van der Waals surface area contributed by atoms with Gasteiger partial charge in [0.15, 0.2) is 0 Å². The second-order valence-corrected chi connectivity index (χ2v) is 9.08. The topological polar surface area (TPSA) is 69.9 Å². The number of hydrogen-bond acceptors (Lipinski definition) is 4. The molecule has 5 aromatic carbocycles. The second kappa shape index (κ2) is 10.5. The van der Waals surface area contributed by atoms with Crippen molar-refractivity contribution in [1.82, 2.24) is 0 Å². The highest BCUT2D eigenvalue weighted by molar-refractivity contribution is 5.49. The lowest BCUT2D eigenvalue weighted by Crippen LogP contribution is -2.06. The first-order valence-electron chi connectivity index (χ1n) is 12.1. The molecule has 0 aliphatic heterocycles. The van der Waals surface area contributed by atoms with Gasteiger partial charge in [0.25, 0.3) is 0 Å². The van der Waals surface area contributed by atoms with E-state index >= 15 is 0 Å². The van der Waals surface area contributed by atoms with Crippen LogP contribution in [-0.4, -0.2) is 22.4 Å². The van der Waals surface area contributed by atoms with Crippen molar-refractivity contribution in [2.24, 2.45) is 0 Å². The van der Waals surface area contributed by atoms with Gasteiger partial charge in [-0.1, -0.05) is 72.8 Å². The van der Waals surface area contributed by atoms with Crippen molar-refractivity contribution in [1.29, 1.82) is 0 Å². The summed E-state index contributed by atoms with van der Waals surface area (Å²) < 4.78 is 5.35. The Hall–Kier alpha value is -4.70. The molecule has 0 aliphatic rings. The maximum Gasteiger partial charge on any atom is 0.118 e. The quantitative estimate of drug-likeness (QED) is 0.212. The van der Waals surface area contributed by atoms with Crippen LogP contribution in [0.5, 0.6) is 23.0 Å².